The highest BCUT2D eigenvalue weighted by atomic mass is 16.6. The van der Waals surface area contributed by atoms with E-state index in [2.05, 4.69) is 20.1 Å². The second-order valence-corrected chi connectivity index (χ2v) is 9.83. The Labute approximate surface area is 226 Å². The quantitative estimate of drug-likeness (QED) is 0.0468. The van der Waals surface area contributed by atoms with Gasteiger partial charge in [-0.25, -0.2) is 0 Å². The number of esters is 3. The molecule has 214 valence electrons. The fraction of sp³-hybridized carbons (Fsp3) is 0.774. The van der Waals surface area contributed by atoms with Gasteiger partial charge in [0.25, 0.3) is 0 Å². The number of hydrogen-bond acceptors (Lipinski definition) is 6. The van der Waals surface area contributed by atoms with Gasteiger partial charge in [0.1, 0.15) is 13.2 Å². The van der Waals surface area contributed by atoms with Crippen molar-refractivity contribution in [3.05, 3.63) is 25.3 Å². The van der Waals surface area contributed by atoms with Crippen molar-refractivity contribution < 1.29 is 28.6 Å². The van der Waals surface area contributed by atoms with E-state index < -0.39 is 6.10 Å². The summed E-state index contributed by atoms with van der Waals surface area (Å²) in [6.45, 7) is 9.42. The number of allylic oxidation sites excluding steroid dienone is 2. The van der Waals surface area contributed by atoms with Crippen LogP contribution in [0.4, 0.5) is 0 Å². The zero-order chi connectivity index (χ0) is 27.4. The van der Waals surface area contributed by atoms with Crippen LogP contribution < -0.4 is 0 Å². The molecule has 0 bridgehead atoms. The fourth-order valence-electron chi connectivity index (χ4n) is 3.93. The molecule has 0 saturated carbocycles. The molecule has 0 spiro atoms. The van der Waals surface area contributed by atoms with Crippen LogP contribution in [0.5, 0.6) is 0 Å². The third-order valence-electron chi connectivity index (χ3n) is 6.22. The standard InChI is InChI=1S/C31H54O6/c1-4-7-10-13-15-18-20-23-29(32)35-26-28(37-31(34)25-22-17-12-9-6-3)27-36-30(33)24-21-19-16-14-11-8-5-2/h4-5,28H,1-2,6-27H2,3H3. The molecule has 0 radical (unpaired) electrons. The summed E-state index contributed by atoms with van der Waals surface area (Å²) in [6.07, 6.45) is 21.5. The lowest BCUT2D eigenvalue weighted by atomic mass is 10.1. The molecule has 6 nitrogen and oxygen atoms in total. The summed E-state index contributed by atoms with van der Waals surface area (Å²) < 4.78 is 16.2. The van der Waals surface area contributed by atoms with E-state index in [0.717, 1.165) is 109 Å². The van der Waals surface area contributed by atoms with Gasteiger partial charge in [-0.3, -0.25) is 14.4 Å². The van der Waals surface area contributed by atoms with Crippen molar-refractivity contribution in [2.75, 3.05) is 13.2 Å². The third-order valence-corrected chi connectivity index (χ3v) is 6.22. The third kappa shape index (κ3) is 25.3. The zero-order valence-electron chi connectivity index (χ0n) is 23.7. The molecule has 0 aromatic carbocycles. The van der Waals surface area contributed by atoms with Gasteiger partial charge >= 0.3 is 17.9 Å². The first-order valence-electron chi connectivity index (χ1n) is 14.8. The molecule has 0 aliphatic rings. The highest BCUT2D eigenvalue weighted by molar-refractivity contribution is 5.71. The molecule has 0 rings (SSSR count). The van der Waals surface area contributed by atoms with Crippen LogP contribution >= 0.6 is 0 Å². The molecule has 0 amide bonds. The number of hydrogen-bond donors (Lipinski definition) is 0. The largest absolute Gasteiger partial charge is 0.462 e. The highest BCUT2D eigenvalue weighted by Crippen LogP contribution is 2.11. The minimum atomic E-state index is -0.770. The van der Waals surface area contributed by atoms with Gasteiger partial charge in [0, 0.05) is 19.3 Å². The molecule has 0 atom stereocenters. The molecular formula is C31H54O6. The van der Waals surface area contributed by atoms with Crippen molar-refractivity contribution >= 4 is 17.9 Å². The van der Waals surface area contributed by atoms with Gasteiger partial charge < -0.3 is 14.2 Å². The van der Waals surface area contributed by atoms with Crippen LogP contribution in [0, 0.1) is 0 Å². The van der Waals surface area contributed by atoms with Crippen molar-refractivity contribution in [3.63, 3.8) is 0 Å². The highest BCUT2D eigenvalue weighted by Gasteiger charge is 2.19. The average Bonchev–Trinajstić information content (AvgIpc) is 2.89. The van der Waals surface area contributed by atoms with Crippen LogP contribution in [0.2, 0.25) is 0 Å². The van der Waals surface area contributed by atoms with Gasteiger partial charge in [-0.05, 0) is 44.9 Å². The Balaban J connectivity index is 4.35. The van der Waals surface area contributed by atoms with E-state index in [9.17, 15) is 14.4 Å². The van der Waals surface area contributed by atoms with Gasteiger partial charge in [-0.1, -0.05) is 83.3 Å². The molecule has 0 fully saturated rings. The van der Waals surface area contributed by atoms with Crippen molar-refractivity contribution in [1.29, 1.82) is 0 Å². The maximum Gasteiger partial charge on any atom is 0.306 e. The summed E-state index contributed by atoms with van der Waals surface area (Å²) in [5, 5.41) is 0. The predicted molar refractivity (Wildman–Crippen MR) is 150 cm³/mol. The van der Waals surface area contributed by atoms with Gasteiger partial charge in [0.2, 0.25) is 0 Å². The first-order chi connectivity index (χ1) is 18.0. The van der Waals surface area contributed by atoms with Gasteiger partial charge in [-0.2, -0.15) is 0 Å². The lowest BCUT2D eigenvalue weighted by Crippen LogP contribution is -2.30. The smallest absolute Gasteiger partial charge is 0.306 e. The minimum Gasteiger partial charge on any atom is -0.462 e. The summed E-state index contributed by atoms with van der Waals surface area (Å²) in [7, 11) is 0. The molecule has 0 aromatic rings. The van der Waals surface area contributed by atoms with E-state index in [0.29, 0.717) is 19.3 Å². The Kier molecular flexibility index (Phi) is 25.4. The lowest BCUT2D eigenvalue weighted by molar-refractivity contribution is -0.167. The van der Waals surface area contributed by atoms with Crippen LogP contribution in [-0.2, 0) is 28.6 Å². The van der Waals surface area contributed by atoms with E-state index in [4.69, 9.17) is 14.2 Å². The summed E-state index contributed by atoms with van der Waals surface area (Å²) in [5.74, 6) is -0.961. The van der Waals surface area contributed by atoms with Crippen LogP contribution in [-0.4, -0.2) is 37.2 Å². The average molecular weight is 523 g/mol. The Morgan fingerprint density at radius 1 is 0.568 bits per heavy atom. The predicted octanol–water partition coefficient (Wildman–Crippen LogP) is 8.18. The molecule has 0 aromatic heterocycles. The maximum atomic E-state index is 12.3. The summed E-state index contributed by atoms with van der Waals surface area (Å²) >= 11 is 0. The van der Waals surface area contributed by atoms with Crippen molar-refractivity contribution in [2.24, 2.45) is 0 Å². The van der Waals surface area contributed by atoms with E-state index in [1.807, 2.05) is 12.2 Å². The first kappa shape index (κ1) is 34.9. The van der Waals surface area contributed by atoms with E-state index in [-0.39, 0.29) is 31.1 Å². The number of ether oxygens (including phenoxy) is 3. The van der Waals surface area contributed by atoms with Crippen LogP contribution in [0.3, 0.4) is 0 Å². The van der Waals surface area contributed by atoms with E-state index in [1.165, 1.54) is 0 Å². The first-order valence-corrected chi connectivity index (χ1v) is 14.8. The van der Waals surface area contributed by atoms with Crippen LogP contribution in [0.25, 0.3) is 0 Å². The second kappa shape index (κ2) is 26.9. The molecular weight excluding hydrogens is 468 g/mol. The molecule has 37 heavy (non-hydrogen) atoms. The van der Waals surface area contributed by atoms with Crippen molar-refractivity contribution in [1.82, 2.24) is 0 Å². The Morgan fingerprint density at radius 2 is 0.946 bits per heavy atom. The lowest BCUT2D eigenvalue weighted by Gasteiger charge is -2.18. The topological polar surface area (TPSA) is 78.9 Å². The Morgan fingerprint density at radius 3 is 1.38 bits per heavy atom. The van der Waals surface area contributed by atoms with Gasteiger partial charge in [0.05, 0.1) is 0 Å². The van der Waals surface area contributed by atoms with E-state index in [1.54, 1.807) is 0 Å². The maximum absolute atomic E-state index is 12.3. The Bertz CT molecular complexity index is 563. The number of carbonyl (C=O) groups is 3. The second-order valence-electron chi connectivity index (χ2n) is 9.83. The summed E-state index contributed by atoms with van der Waals surface area (Å²) in [5.41, 5.74) is 0. The molecule has 6 heteroatoms. The minimum absolute atomic E-state index is 0.0870. The normalized spacial score (nSPS) is 10.8. The molecule has 0 heterocycles. The van der Waals surface area contributed by atoms with E-state index >= 15 is 0 Å². The fourth-order valence-corrected chi connectivity index (χ4v) is 3.93. The molecule has 0 aliphatic heterocycles. The number of carbonyl (C=O) groups excluding carboxylic acids is 3. The monoisotopic (exact) mass is 522 g/mol. The molecule has 0 unspecified atom stereocenters. The van der Waals surface area contributed by atoms with Gasteiger partial charge in [0.15, 0.2) is 6.10 Å². The summed E-state index contributed by atoms with van der Waals surface area (Å²) in [4.78, 5) is 36.6. The van der Waals surface area contributed by atoms with Crippen LogP contribution in [0.15, 0.2) is 25.3 Å². The van der Waals surface area contributed by atoms with Gasteiger partial charge in [-0.15, -0.1) is 13.2 Å². The SMILES string of the molecule is C=CCCCCCCCC(=O)OCC(COC(=O)CCCCCCCC=C)OC(=O)CCCCCCC. The van der Waals surface area contributed by atoms with Crippen molar-refractivity contribution in [2.45, 2.75) is 141 Å². The number of rotatable bonds is 27. The van der Waals surface area contributed by atoms with Crippen molar-refractivity contribution in [3.8, 4) is 0 Å². The Hall–Kier alpha value is -2.11. The molecule has 0 N–H and O–H groups in total. The molecule has 0 aliphatic carbocycles. The van der Waals surface area contributed by atoms with Crippen LogP contribution in [0.1, 0.15) is 135 Å². The summed E-state index contributed by atoms with van der Waals surface area (Å²) in [6, 6.07) is 0. The molecule has 0 saturated heterocycles. The zero-order valence-corrected chi connectivity index (χ0v) is 23.7. The number of unbranched alkanes of at least 4 members (excludes halogenated alkanes) is 14.